The van der Waals surface area contributed by atoms with E-state index in [0.717, 1.165) is 5.56 Å². The van der Waals surface area contributed by atoms with E-state index in [0.29, 0.717) is 22.1 Å². The molecular formula is C12H8ClN3. The van der Waals surface area contributed by atoms with Gasteiger partial charge in [0.05, 0.1) is 5.69 Å². The molecule has 0 fully saturated rings. The minimum Gasteiger partial charge on any atom is -0.398 e. The maximum absolute atomic E-state index is 5.90. The van der Waals surface area contributed by atoms with Crippen LogP contribution < -0.4 is 5.73 Å². The van der Waals surface area contributed by atoms with Crippen molar-refractivity contribution in [3.8, 4) is 23.6 Å². The van der Waals surface area contributed by atoms with Gasteiger partial charge in [0.1, 0.15) is 12.0 Å². The van der Waals surface area contributed by atoms with Crippen LogP contribution in [0.4, 0.5) is 5.69 Å². The molecule has 4 heteroatoms. The van der Waals surface area contributed by atoms with E-state index in [4.69, 9.17) is 23.8 Å². The van der Waals surface area contributed by atoms with Gasteiger partial charge in [0.25, 0.3) is 0 Å². The summed E-state index contributed by atoms with van der Waals surface area (Å²) >= 11 is 5.90. The summed E-state index contributed by atoms with van der Waals surface area (Å²) in [4.78, 5) is 8.03. The number of benzene rings is 1. The molecule has 2 rings (SSSR count). The second-order valence-corrected chi connectivity index (χ2v) is 3.60. The maximum Gasteiger partial charge on any atom is 0.117 e. The van der Waals surface area contributed by atoms with Crippen LogP contribution in [0.3, 0.4) is 0 Å². The second kappa shape index (κ2) is 4.21. The summed E-state index contributed by atoms with van der Waals surface area (Å²) in [7, 11) is 0. The molecule has 2 aromatic rings. The topological polar surface area (TPSA) is 51.8 Å². The minimum atomic E-state index is 0.518. The van der Waals surface area contributed by atoms with Gasteiger partial charge in [-0.05, 0) is 24.3 Å². The summed E-state index contributed by atoms with van der Waals surface area (Å²) in [5, 5.41) is 0.602. The van der Waals surface area contributed by atoms with Crippen molar-refractivity contribution in [2.24, 2.45) is 0 Å². The van der Waals surface area contributed by atoms with Gasteiger partial charge in [-0.2, -0.15) is 0 Å². The maximum atomic E-state index is 5.90. The standard InChI is InChI=1S/C12H8ClN3/c1-2-9-6-12(16-7-15-9)10-5-8(13)3-4-11(10)14/h1,3-7H,14H2. The number of anilines is 1. The van der Waals surface area contributed by atoms with Crippen LogP contribution in [-0.4, -0.2) is 9.97 Å². The monoisotopic (exact) mass is 229 g/mol. The fourth-order valence-electron chi connectivity index (χ4n) is 1.33. The average Bonchev–Trinajstić information content (AvgIpc) is 2.32. The first kappa shape index (κ1) is 10.5. The summed E-state index contributed by atoms with van der Waals surface area (Å²) in [5.74, 6) is 2.45. The Bertz CT molecular complexity index is 573. The lowest BCUT2D eigenvalue weighted by molar-refractivity contribution is 1.15. The molecule has 0 atom stereocenters. The second-order valence-electron chi connectivity index (χ2n) is 3.16. The molecule has 16 heavy (non-hydrogen) atoms. The van der Waals surface area contributed by atoms with Crippen LogP contribution in [-0.2, 0) is 0 Å². The van der Waals surface area contributed by atoms with Gasteiger partial charge in [-0.15, -0.1) is 6.42 Å². The normalized spacial score (nSPS) is 9.75. The molecule has 0 aliphatic heterocycles. The Labute approximate surface area is 98.3 Å². The molecule has 0 bridgehead atoms. The van der Waals surface area contributed by atoms with Crippen LogP contribution in [0.15, 0.2) is 30.6 Å². The third kappa shape index (κ3) is 1.97. The van der Waals surface area contributed by atoms with E-state index < -0.39 is 0 Å². The van der Waals surface area contributed by atoms with Gasteiger partial charge in [0, 0.05) is 16.3 Å². The van der Waals surface area contributed by atoms with Crippen molar-refractivity contribution < 1.29 is 0 Å². The van der Waals surface area contributed by atoms with Crippen molar-refractivity contribution >= 4 is 17.3 Å². The summed E-state index contributed by atoms with van der Waals surface area (Å²) < 4.78 is 0. The van der Waals surface area contributed by atoms with Crippen molar-refractivity contribution in [3.05, 3.63) is 41.3 Å². The van der Waals surface area contributed by atoms with Crippen LogP contribution >= 0.6 is 11.6 Å². The molecule has 1 aromatic heterocycles. The van der Waals surface area contributed by atoms with E-state index in [1.54, 1.807) is 24.3 Å². The Kier molecular flexibility index (Phi) is 2.76. The highest BCUT2D eigenvalue weighted by molar-refractivity contribution is 6.31. The van der Waals surface area contributed by atoms with Crippen LogP contribution in [0, 0.1) is 12.3 Å². The van der Waals surface area contributed by atoms with Gasteiger partial charge in [0.2, 0.25) is 0 Å². The predicted molar refractivity (Wildman–Crippen MR) is 64.8 cm³/mol. The van der Waals surface area contributed by atoms with E-state index in [1.165, 1.54) is 6.33 Å². The molecule has 78 valence electrons. The van der Waals surface area contributed by atoms with Gasteiger partial charge in [-0.3, -0.25) is 0 Å². The molecule has 0 unspecified atom stereocenters. The van der Waals surface area contributed by atoms with Crippen LogP contribution in [0.2, 0.25) is 5.02 Å². The van der Waals surface area contributed by atoms with Crippen molar-refractivity contribution in [2.45, 2.75) is 0 Å². The molecule has 1 aromatic carbocycles. The average molecular weight is 230 g/mol. The summed E-state index contributed by atoms with van der Waals surface area (Å²) in [6.07, 6.45) is 6.67. The predicted octanol–water partition coefficient (Wildman–Crippen LogP) is 2.36. The van der Waals surface area contributed by atoms with Crippen molar-refractivity contribution in [3.63, 3.8) is 0 Å². The number of nitrogens with zero attached hydrogens (tertiary/aromatic N) is 2. The van der Waals surface area contributed by atoms with Crippen LogP contribution in [0.1, 0.15) is 5.69 Å². The Hall–Kier alpha value is -2.05. The Balaban J connectivity index is 2.58. The third-order valence-electron chi connectivity index (χ3n) is 2.11. The highest BCUT2D eigenvalue weighted by atomic mass is 35.5. The molecule has 0 spiro atoms. The Morgan fingerprint density at radius 2 is 2.06 bits per heavy atom. The number of nitrogens with two attached hydrogens (primary N) is 1. The lowest BCUT2D eigenvalue weighted by Gasteiger charge is -2.05. The highest BCUT2D eigenvalue weighted by Gasteiger charge is 2.05. The van der Waals surface area contributed by atoms with E-state index in [-0.39, 0.29) is 0 Å². The number of halogens is 1. The first-order valence-corrected chi connectivity index (χ1v) is 4.92. The number of aromatic nitrogens is 2. The quantitative estimate of drug-likeness (QED) is 0.603. The van der Waals surface area contributed by atoms with E-state index >= 15 is 0 Å². The van der Waals surface area contributed by atoms with E-state index in [9.17, 15) is 0 Å². The highest BCUT2D eigenvalue weighted by Crippen LogP contribution is 2.27. The van der Waals surface area contributed by atoms with Gasteiger partial charge in [0.15, 0.2) is 0 Å². The molecule has 0 radical (unpaired) electrons. The van der Waals surface area contributed by atoms with Crippen molar-refractivity contribution in [1.29, 1.82) is 0 Å². The number of rotatable bonds is 1. The molecule has 0 aliphatic carbocycles. The molecule has 1 heterocycles. The van der Waals surface area contributed by atoms with E-state index in [2.05, 4.69) is 15.9 Å². The molecular weight excluding hydrogens is 222 g/mol. The fraction of sp³-hybridized carbons (Fsp3) is 0. The van der Waals surface area contributed by atoms with Gasteiger partial charge < -0.3 is 5.73 Å². The molecule has 0 aliphatic rings. The minimum absolute atomic E-state index is 0.518. The summed E-state index contributed by atoms with van der Waals surface area (Å²) in [6.45, 7) is 0. The van der Waals surface area contributed by atoms with Crippen molar-refractivity contribution in [2.75, 3.05) is 5.73 Å². The summed E-state index contributed by atoms with van der Waals surface area (Å²) in [6, 6.07) is 6.90. The first-order chi connectivity index (χ1) is 7.70. The summed E-state index contributed by atoms with van der Waals surface area (Å²) in [5.41, 5.74) is 8.39. The zero-order valence-electron chi connectivity index (χ0n) is 8.31. The molecule has 0 amide bonds. The molecule has 3 nitrogen and oxygen atoms in total. The third-order valence-corrected chi connectivity index (χ3v) is 2.34. The zero-order chi connectivity index (χ0) is 11.5. The Morgan fingerprint density at radius 1 is 1.25 bits per heavy atom. The first-order valence-electron chi connectivity index (χ1n) is 4.55. The van der Waals surface area contributed by atoms with Crippen LogP contribution in [0.25, 0.3) is 11.3 Å². The van der Waals surface area contributed by atoms with Gasteiger partial charge >= 0.3 is 0 Å². The van der Waals surface area contributed by atoms with E-state index in [1.807, 2.05) is 0 Å². The molecule has 2 N–H and O–H groups in total. The number of hydrogen-bond acceptors (Lipinski definition) is 3. The van der Waals surface area contributed by atoms with Crippen molar-refractivity contribution in [1.82, 2.24) is 9.97 Å². The SMILES string of the molecule is C#Cc1cc(-c2cc(Cl)ccc2N)ncn1. The zero-order valence-corrected chi connectivity index (χ0v) is 9.07. The molecule has 0 saturated heterocycles. The lowest BCUT2D eigenvalue weighted by atomic mass is 10.1. The van der Waals surface area contributed by atoms with Crippen LogP contribution in [0.5, 0.6) is 0 Å². The lowest BCUT2D eigenvalue weighted by Crippen LogP contribution is -1.93. The molecule has 0 saturated carbocycles. The fourth-order valence-corrected chi connectivity index (χ4v) is 1.51. The number of terminal acetylenes is 1. The number of hydrogen-bond donors (Lipinski definition) is 1. The van der Waals surface area contributed by atoms with Gasteiger partial charge in [-0.25, -0.2) is 9.97 Å². The Morgan fingerprint density at radius 3 is 2.81 bits per heavy atom. The largest absolute Gasteiger partial charge is 0.398 e. The smallest absolute Gasteiger partial charge is 0.117 e. The number of nitrogen functional groups attached to an aromatic ring is 1. The van der Waals surface area contributed by atoms with Gasteiger partial charge in [-0.1, -0.05) is 17.5 Å².